The standard InChI is InChI=1S/C26H19FN4O3/c27-18-7-6-8-19(14-18)28-24(32)16-30-15-17(21-11-4-5-12-23(21)30)13-22-25(33)29-31(26(22)34)20-9-2-1-3-10-20/h1-15H,16H2,(H,28,32)(H,29,33)/b22-13-. The van der Waals surface area contributed by atoms with E-state index < -0.39 is 17.6 Å². The van der Waals surface area contributed by atoms with Crippen LogP contribution in [0.4, 0.5) is 15.8 Å². The van der Waals surface area contributed by atoms with Crippen LogP contribution >= 0.6 is 0 Å². The van der Waals surface area contributed by atoms with Crippen LogP contribution in [0.3, 0.4) is 0 Å². The quantitative estimate of drug-likeness (QED) is 0.355. The predicted octanol–water partition coefficient (Wildman–Crippen LogP) is 3.88. The third kappa shape index (κ3) is 4.04. The number of hydrazine groups is 1. The average molecular weight is 454 g/mol. The fourth-order valence-corrected chi connectivity index (χ4v) is 3.91. The molecule has 1 aliphatic rings. The van der Waals surface area contributed by atoms with Gasteiger partial charge in [-0.05, 0) is 42.5 Å². The zero-order valence-corrected chi connectivity index (χ0v) is 17.9. The van der Waals surface area contributed by atoms with Crippen LogP contribution < -0.4 is 15.8 Å². The Bertz CT molecular complexity index is 1460. The molecule has 8 heteroatoms. The molecule has 1 aromatic heterocycles. The normalized spacial score (nSPS) is 14.6. The summed E-state index contributed by atoms with van der Waals surface area (Å²) in [5, 5.41) is 4.67. The van der Waals surface area contributed by atoms with E-state index in [1.54, 1.807) is 41.1 Å². The predicted molar refractivity (Wildman–Crippen MR) is 127 cm³/mol. The summed E-state index contributed by atoms with van der Waals surface area (Å²) in [4.78, 5) is 38.1. The average Bonchev–Trinajstić information content (AvgIpc) is 3.32. The van der Waals surface area contributed by atoms with Gasteiger partial charge in [-0.1, -0.05) is 42.5 Å². The van der Waals surface area contributed by atoms with E-state index in [0.717, 1.165) is 10.9 Å². The number of hydrogen-bond acceptors (Lipinski definition) is 3. The Kier molecular flexibility index (Phi) is 5.39. The third-order valence-corrected chi connectivity index (χ3v) is 5.45. The number of para-hydroxylation sites is 2. The number of nitrogens with zero attached hydrogens (tertiary/aromatic N) is 2. The topological polar surface area (TPSA) is 83.4 Å². The van der Waals surface area contributed by atoms with Gasteiger partial charge >= 0.3 is 0 Å². The van der Waals surface area contributed by atoms with Crippen molar-refractivity contribution in [3.63, 3.8) is 0 Å². The van der Waals surface area contributed by atoms with Crippen molar-refractivity contribution < 1.29 is 18.8 Å². The zero-order chi connectivity index (χ0) is 23.7. The number of benzene rings is 3. The first-order valence-corrected chi connectivity index (χ1v) is 10.5. The van der Waals surface area contributed by atoms with Crippen LogP contribution in [0.1, 0.15) is 5.56 Å². The summed E-state index contributed by atoms with van der Waals surface area (Å²) in [5.74, 6) is -1.75. The fraction of sp³-hybridized carbons (Fsp3) is 0.0385. The molecule has 2 N–H and O–H groups in total. The van der Waals surface area contributed by atoms with Crippen molar-refractivity contribution in [3.8, 4) is 0 Å². The number of rotatable bonds is 5. The van der Waals surface area contributed by atoms with Crippen molar-refractivity contribution >= 4 is 46.1 Å². The minimum absolute atomic E-state index is 0.00373. The van der Waals surface area contributed by atoms with Crippen molar-refractivity contribution in [1.29, 1.82) is 0 Å². The summed E-state index contributed by atoms with van der Waals surface area (Å²) in [5.41, 5.74) is 4.88. The van der Waals surface area contributed by atoms with E-state index in [0.29, 0.717) is 16.9 Å². The molecule has 0 radical (unpaired) electrons. The van der Waals surface area contributed by atoms with E-state index >= 15 is 0 Å². The van der Waals surface area contributed by atoms with Gasteiger partial charge < -0.3 is 9.88 Å². The van der Waals surface area contributed by atoms with Gasteiger partial charge in [-0.25, -0.2) is 9.40 Å². The molecule has 0 spiro atoms. The van der Waals surface area contributed by atoms with E-state index in [1.165, 1.54) is 29.3 Å². The molecule has 5 rings (SSSR count). The molecule has 3 amide bonds. The van der Waals surface area contributed by atoms with Gasteiger partial charge in [0.05, 0.1) is 5.69 Å². The molecule has 7 nitrogen and oxygen atoms in total. The van der Waals surface area contributed by atoms with Gasteiger partial charge in [-0.15, -0.1) is 0 Å². The van der Waals surface area contributed by atoms with Gasteiger partial charge in [-0.3, -0.25) is 19.8 Å². The highest BCUT2D eigenvalue weighted by atomic mass is 19.1. The van der Waals surface area contributed by atoms with Crippen LogP contribution in [-0.4, -0.2) is 22.3 Å². The fourth-order valence-electron chi connectivity index (χ4n) is 3.91. The molecule has 4 aromatic rings. The maximum absolute atomic E-state index is 13.4. The smallest absolute Gasteiger partial charge is 0.282 e. The highest BCUT2D eigenvalue weighted by molar-refractivity contribution is 6.32. The van der Waals surface area contributed by atoms with Gasteiger partial charge in [0.25, 0.3) is 11.8 Å². The van der Waals surface area contributed by atoms with Gasteiger partial charge in [0.15, 0.2) is 0 Å². The number of halogens is 1. The van der Waals surface area contributed by atoms with E-state index in [1.807, 2.05) is 30.3 Å². The number of aromatic nitrogens is 1. The van der Waals surface area contributed by atoms with Gasteiger partial charge in [-0.2, -0.15) is 0 Å². The maximum Gasteiger partial charge on any atom is 0.282 e. The number of hydrogen-bond donors (Lipinski definition) is 2. The summed E-state index contributed by atoms with van der Waals surface area (Å²) in [6.45, 7) is -0.0313. The lowest BCUT2D eigenvalue weighted by molar-refractivity contribution is -0.118. The molecule has 34 heavy (non-hydrogen) atoms. The zero-order valence-electron chi connectivity index (χ0n) is 17.9. The van der Waals surface area contributed by atoms with Crippen molar-refractivity contribution in [2.24, 2.45) is 0 Å². The number of fused-ring (bicyclic) bond motifs is 1. The third-order valence-electron chi connectivity index (χ3n) is 5.45. The molecule has 2 heterocycles. The monoisotopic (exact) mass is 454 g/mol. The second kappa shape index (κ2) is 8.67. The molecule has 168 valence electrons. The number of amides is 3. The van der Waals surface area contributed by atoms with Crippen molar-refractivity contribution in [2.75, 3.05) is 10.3 Å². The number of anilines is 2. The second-order valence-electron chi connectivity index (χ2n) is 7.76. The number of carbonyl (C=O) groups is 3. The largest absolute Gasteiger partial charge is 0.337 e. The Labute approximate surface area is 194 Å². The van der Waals surface area contributed by atoms with E-state index in [4.69, 9.17) is 0 Å². The van der Waals surface area contributed by atoms with Crippen LogP contribution in [0.15, 0.2) is 90.6 Å². The number of carbonyl (C=O) groups excluding carboxylic acids is 3. The van der Waals surface area contributed by atoms with E-state index in [9.17, 15) is 18.8 Å². The lowest BCUT2D eigenvalue weighted by Crippen LogP contribution is -2.35. The highest BCUT2D eigenvalue weighted by Crippen LogP contribution is 2.26. The van der Waals surface area contributed by atoms with Gasteiger partial charge in [0.2, 0.25) is 5.91 Å². The summed E-state index contributed by atoms with van der Waals surface area (Å²) >= 11 is 0. The molecule has 0 saturated carbocycles. The minimum Gasteiger partial charge on any atom is -0.337 e. The minimum atomic E-state index is -0.505. The molecule has 1 saturated heterocycles. The Morgan fingerprint density at radius 1 is 0.971 bits per heavy atom. The first kappa shape index (κ1) is 21.1. The maximum atomic E-state index is 13.4. The molecular formula is C26H19FN4O3. The Morgan fingerprint density at radius 2 is 1.74 bits per heavy atom. The molecule has 0 unspecified atom stereocenters. The molecule has 1 aliphatic heterocycles. The highest BCUT2D eigenvalue weighted by Gasteiger charge is 2.34. The lowest BCUT2D eigenvalue weighted by Gasteiger charge is -2.13. The van der Waals surface area contributed by atoms with E-state index in [2.05, 4.69) is 10.7 Å². The summed E-state index contributed by atoms with van der Waals surface area (Å²) in [6.07, 6.45) is 3.25. The first-order chi connectivity index (χ1) is 16.5. The molecule has 0 atom stereocenters. The van der Waals surface area contributed by atoms with Crippen LogP contribution in [0.5, 0.6) is 0 Å². The second-order valence-corrected chi connectivity index (χ2v) is 7.76. The van der Waals surface area contributed by atoms with Gasteiger partial charge in [0.1, 0.15) is 17.9 Å². The summed E-state index contributed by atoms with van der Waals surface area (Å²) in [6, 6.07) is 21.9. The Balaban J connectivity index is 1.45. The van der Waals surface area contributed by atoms with Crippen LogP contribution in [0.25, 0.3) is 17.0 Å². The number of nitrogens with one attached hydrogen (secondary N) is 2. The summed E-state index contributed by atoms with van der Waals surface area (Å²) in [7, 11) is 0. The van der Waals surface area contributed by atoms with Crippen LogP contribution in [-0.2, 0) is 20.9 Å². The molecule has 1 fully saturated rings. The Morgan fingerprint density at radius 3 is 2.53 bits per heavy atom. The molecular weight excluding hydrogens is 435 g/mol. The van der Waals surface area contributed by atoms with Crippen molar-refractivity contribution in [3.05, 3.63) is 102 Å². The van der Waals surface area contributed by atoms with Crippen molar-refractivity contribution in [2.45, 2.75) is 6.54 Å². The molecule has 0 bridgehead atoms. The van der Waals surface area contributed by atoms with Crippen LogP contribution in [0, 0.1) is 5.82 Å². The molecule has 3 aromatic carbocycles. The Hall–Kier alpha value is -4.72. The first-order valence-electron chi connectivity index (χ1n) is 10.5. The van der Waals surface area contributed by atoms with Gasteiger partial charge in [0, 0.05) is 28.4 Å². The van der Waals surface area contributed by atoms with Crippen molar-refractivity contribution in [1.82, 2.24) is 9.99 Å². The molecule has 0 aliphatic carbocycles. The lowest BCUT2D eigenvalue weighted by atomic mass is 10.1. The SMILES string of the molecule is O=C(Cn1cc(/C=C2/C(=O)NN(c3ccccc3)C2=O)c2ccccc21)Nc1cccc(F)c1. The summed E-state index contributed by atoms with van der Waals surface area (Å²) < 4.78 is 15.1. The van der Waals surface area contributed by atoms with E-state index in [-0.39, 0.29) is 18.0 Å². The van der Waals surface area contributed by atoms with Crippen LogP contribution in [0.2, 0.25) is 0 Å².